The fraction of sp³-hybridized carbons (Fsp3) is 0.294. The third-order valence-corrected chi connectivity index (χ3v) is 5.26. The molecule has 0 spiro atoms. The van der Waals surface area contributed by atoms with E-state index < -0.39 is 11.2 Å². The van der Waals surface area contributed by atoms with Gasteiger partial charge >= 0.3 is 5.97 Å². The molecule has 1 unspecified atom stereocenters. The molecule has 1 amide bonds. The summed E-state index contributed by atoms with van der Waals surface area (Å²) in [5.41, 5.74) is 1.19. The predicted molar refractivity (Wildman–Crippen MR) is 100 cm³/mol. The van der Waals surface area contributed by atoms with Crippen molar-refractivity contribution >= 4 is 45.5 Å². The van der Waals surface area contributed by atoms with Crippen molar-refractivity contribution in [2.75, 3.05) is 14.2 Å². The second kappa shape index (κ2) is 7.31. The molecule has 0 saturated carbocycles. The number of hydrogen-bond donors (Lipinski definition) is 2. The Labute approximate surface area is 158 Å². The molecular formula is C17H17N3O6S. The van der Waals surface area contributed by atoms with Gasteiger partial charge < -0.3 is 19.4 Å². The molecule has 27 heavy (non-hydrogen) atoms. The maximum atomic E-state index is 12.1. The Balaban J connectivity index is 1.95. The number of nitrogens with zero attached hydrogens (tertiary/aromatic N) is 3. The van der Waals surface area contributed by atoms with Gasteiger partial charge in [0.2, 0.25) is 5.91 Å². The number of carboxylic acids is 1. The van der Waals surface area contributed by atoms with Gasteiger partial charge in [-0.1, -0.05) is 11.8 Å². The van der Waals surface area contributed by atoms with Crippen molar-refractivity contribution in [2.24, 2.45) is 10.2 Å². The van der Waals surface area contributed by atoms with E-state index in [9.17, 15) is 14.7 Å². The molecule has 1 aliphatic heterocycles. The van der Waals surface area contributed by atoms with Gasteiger partial charge in [0.15, 0.2) is 5.17 Å². The minimum atomic E-state index is -1.06. The van der Waals surface area contributed by atoms with Gasteiger partial charge in [-0.15, -0.1) is 5.10 Å². The number of phenolic OH excluding ortho intramolecular Hbond substituents is 1. The van der Waals surface area contributed by atoms with Gasteiger partial charge in [-0.3, -0.25) is 14.5 Å². The van der Waals surface area contributed by atoms with E-state index in [-0.39, 0.29) is 23.2 Å². The number of carbonyl (C=O) groups excluding carboxylic acids is 1. The number of amides is 1. The van der Waals surface area contributed by atoms with Gasteiger partial charge in [0.1, 0.15) is 22.3 Å². The largest absolute Gasteiger partial charge is 0.507 e. The number of phenols is 1. The zero-order valence-electron chi connectivity index (χ0n) is 14.8. The van der Waals surface area contributed by atoms with Crippen molar-refractivity contribution in [3.63, 3.8) is 0 Å². The molecule has 3 rings (SSSR count). The molecule has 0 aliphatic carbocycles. The van der Waals surface area contributed by atoms with Crippen LogP contribution in [0.5, 0.6) is 11.5 Å². The molecule has 1 atom stereocenters. The Morgan fingerprint density at radius 1 is 1.48 bits per heavy atom. The van der Waals surface area contributed by atoms with Crippen LogP contribution in [0.15, 0.2) is 33.0 Å². The van der Waals surface area contributed by atoms with Gasteiger partial charge in [0.05, 0.1) is 36.5 Å². The number of carbonyl (C=O) groups is 2. The van der Waals surface area contributed by atoms with Gasteiger partial charge in [-0.25, -0.2) is 0 Å². The number of ether oxygens (including phenoxy) is 1. The molecule has 2 heterocycles. The van der Waals surface area contributed by atoms with Crippen molar-refractivity contribution in [3.05, 3.63) is 24.0 Å². The molecule has 10 heteroatoms. The van der Waals surface area contributed by atoms with Crippen molar-refractivity contribution in [1.29, 1.82) is 0 Å². The zero-order chi connectivity index (χ0) is 19.7. The van der Waals surface area contributed by atoms with E-state index in [4.69, 9.17) is 14.3 Å². The van der Waals surface area contributed by atoms with Crippen molar-refractivity contribution < 1.29 is 29.0 Å². The van der Waals surface area contributed by atoms with E-state index in [1.807, 2.05) is 0 Å². The normalized spacial score (nSPS) is 19.3. The fourth-order valence-corrected chi connectivity index (χ4v) is 3.82. The lowest BCUT2D eigenvalue weighted by molar-refractivity contribution is -0.139. The first-order chi connectivity index (χ1) is 12.8. The third kappa shape index (κ3) is 3.47. The smallest absolute Gasteiger partial charge is 0.305 e. The first kappa shape index (κ1) is 18.8. The summed E-state index contributed by atoms with van der Waals surface area (Å²) >= 11 is 1.04. The number of hydrogen-bond acceptors (Lipinski definition) is 8. The van der Waals surface area contributed by atoms with Crippen LogP contribution >= 0.6 is 11.8 Å². The topological polar surface area (TPSA) is 125 Å². The van der Waals surface area contributed by atoms with Crippen LogP contribution in [0.3, 0.4) is 0 Å². The highest BCUT2D eigenvalue weighted by Gasteiger charge is 2.37. The number of methoxy groups -OCH3 is 1. The Bertz CT molecular complexity index is 980. The number of furan rings is 1. The molecule has 0 bridgehead atoms. The van der Waals surface area contributed by atoms with E-state index in [0.29, 0.717) is 28.0 Å². The van der Waals surface area contributed by atoms with Crippen molar-refractivity contribution in [2.45, 2.75) is 18.6 Å². The quantitative estimate of drug-likeness (QED) is 0.592. The molecule has 1 saturated heterocycles. The summed E-state index contributed by atoms with van der Waals surface area (Å²) < 4.78 is 10.7. The van der Waals surface area contributed by atoms with E-state index in [1.54, 1.807) is 13.0 Å². The molecule has 1 aromatic carbocycles. The van der Waals surface area contributed by atoms with E-state index in [0.717, 1.165) is 11.8 Å². The lowest BCUT2D eigenvalue weighted by Gasteiger charge is -2.11. The highest BCUT2D eigenvalue weighted by Crippen LogP contribution is 2.37. The van der Waals surface area contributed by atoms with Crippen LogP contribution in [-0.4, -0.2) is 57.3 Å². The van der Waals surface area contributed by atoms with Crippen LogP contribution in [-0.2, 0) is 9.59 Å². The molecule has 0 radical (unpaired) electrons. The first-order valence-electron chi connectivity index (χ1n) is 7.89. The minimum absolute atomic E-state index is 0.0805. The molecule has 1 fully saturated rings. The average Bonchev–Trinajstić information content (AvgIpc) is 3.18. The van der Waals surface area contributed by atoms with Gasteiger partial charge in [-0.2, -0.15) is 5.10 Å². The number of fused-ring (bicyclic) bond motifs is 1. The second-order valence-corrected chi connectivity index (χ2v) is 6.98. The lowest BCUT2D eigenvalue weighted by atomic mass is 10.1. The van der Waals surface area contributed by atoms with E-state index in [2.05, 4.69) is 10.2 Å². The SMILES string of the molecule is COc1c(/C(C)=N/N=C2\SC(CC(=O)O)C(=O)N2C)c(O)cc2occc12. The summed E-state index contributed by atoms with van der Waals surface area (Å²) in [5.74, 6) is -1.08. The number of aromatic hydroxyl groups is 1. The predicted octanol–water partition coefficient (Wildman–Crippen LogP) is 2.28. The van der Waals surface area contributed by atoms with Gasteiger partial charge in [0.25, 0.3) is 0 Å². The van der Waals surface area contributed by atoms with Crippen molar-refractivity contribution in [3.8, 4) is 11.5 Å². The molecule has 9 nitrogen and oxygen atoms in total. The number of thioether (sulfide) groups is 1. The summed E-state index contributed by atoms with van der Waals surface area (Å²) in [6.07, 6.45) is 1.20. The number of aliphatic carboxylic acids is 1. The fourth-order valence-electron chi connectivity index (χ4n) is 2.74. The maximum absolute atomic E-state index is 12.1. The van der Waals surface area contributed by atoms with Crippen LogP contribution < -0.4 is 4.74 Å². The molecule has 142 valence electrons. The lowest BCUT2D eigenvalue weighted by Crippen LogP contribution is -2.28. The molecule has 2 N–H and O–H groups in total. The number of rotatable bonds is 5. The summed E-state index contributed by atoms with van der Waals surface area (Å²) in [6.45, 7) is 1.64. The Morgan fingerprint density at radius 3 is 2.89 bits per heavy atom. The van der Waals surface area contributed by atoms with Crippen LogP contribution in [0, 0.1) is 0 Å². The first-order valence-corrected chi connectivity index (χ1v) is 8.77. The average molecular weight is 391 g/mol. The standard InChI is InChI=1S/C17H17N3O6S/c1-8(14-10(21)6-11-9(4-5-26-11)15(14)25-3)18-19-17-20(2)16(24)12(27-17)7-13(22)23/h4-6,12,21H,7H2,1-3H3,(H,22,23)/b18-8+,19-17-. The number of benzene rings is 1. The third-order valence-electron chi connectivity index (χ3n) is 4.04. The highest BCUT2D eigenvalue weighted by atomic mass is 32.2. The van der Waals surface area contributed by atoms with Crippen LogP contribution in [0.4, 0.5) is 0 Å². The Kier molecular flexibility index (Phi) is 5.08. The van der Waals surface area contributed by atoms with Crippen molar-refractivity contribution in [1.82, 2.24) is 4.90 Å². The monoisotopic (exact) mass is 391 g/mol. The van der Waals surface area contributed by atoms with Crippen LogP contribution in [0.2, 0.25) is 0 Å². The minimum Gasteiger partial charge on any atom is -0.507 e. The second-order valence-electron chi connectivity index (χ2n) is 5.81. The van der Waals surface area contributed by atoms with Crippen LogP contribution in [0.1, 0.15) is 18.9 Å². The van der Waals surface area contributed by atoms with E-state index in [1.165, 1.54) is 31.4 Å². The maximum Gasteiger partial charge on any atom is 0.305 e. The Hall–Kier alpha value is -3.01. The van der Waals surface area contributed by atoms with E-state index >= 15 is 0 Å². The van der Waals surface area contributed by atoms with Gasteiger partial charge in [-0.05, 0) is 13.0 Å². The summed E-state index contributed by atoms with van der Waals surface area (Å²) in [6, 6.07) is 3.17. The molecule has 1 aliphatic rings. The van der Waals surface area contributed by atoms with Gasteiger partial charge in [0, 0.05) is 13.1 Å². The summed E-state index contributed by atoms with van der Waals surface area (Å²) in [5, 5.41) is 27.6. The number of carboxylic acid groups (broad SMARTS) is 1. The summed E-state index contributed by atoms with van der Waals surface area (Å²) in [7, 11) is 2.98. The molecular weight excluding hydrogens is 374 g/mol. The zero-order valence-corrected chi connectivity index (χ0v) is 15.6. The highest BCUT2D eigenvalue weighted by molar-refractivity contribution is 8.15. The molecule has 1 aromatic heterocycles. The Morgan fingerprint density at radius 2 is 2.22 bits per heavy atom. The molecule has 2 aromatic rings. The van der Waals surface area contributed by atoms with Crippen LogP contribution in [0.25, 0.3) is 11.0 Å². The number of amidine groups is 1. The summed E-state index contributed by atoms with van der Waals surface area (Å²) in [4.78, 5) is 24.2.